The molecule has 2 heterocycles. The highest BCUT2D eigenvalue weighted by Gasteiger charge is 2.18. The maximum absolute atomic E-state index is 6.46. The van der Waals surface area contributed by atoms with Gasteiger partial charge < -0.3 is 8.83 Å². The minimum Gasteiger partial charge on any atom is -0.456 e. The Morgan fingerprint density at radius 2 is 1.05 bits per heavy atom. The van der Waals surface area contributed by atoms with Crippen molar-refractivity contribution >= 4 is 65.2 Å². The van der Waals surface area contributed by atoms with E-state index in [1.807, 2.05) is 30.3 Å². The lowest BCUT2D eigenvalue weighted by Crippen LogP contribution is -1.89. The maximum atomic E-state index is 6.46. The maximum Gasteiger partial charge on any atom is 0.143 e. The molecule has 44 heavy (non-hydrogen) atoms. The zero-order valence-corrected chi connectivity index (χ0v) is 23.7. The first-order valence-corrected chi connectivity index (χ1v) is 15.0. The molecule has 0 aliphatic carbocycles. The Labute approximate surface area is 252 Å². The summed E-state index contributed by atoms with van der Waals surface area (Å²) in [6.07, 6.45) is 0. The first-order valence-electron chi connectivity index (χ1n) is 15.0. The standard InChI is InChI=1S/C42H24O2/c1-2-7-25(8-3-1)39-24-29-23-28(17-22-37(29)43-39)30-18-13-26-16-21-34-31(19-14-27-15-20-33(30)40(26)41(27)34)35-10-6-11-36-32-9-4-5-12-38(32)44-42(35)36/h1-24H. The van der Waals surface area contributed by atoms with Crippen molar-refractivity contribution in [2.24, 2.45) is 0 Å². The minimum atomic E-state index is 0.889. The Balaban J connectivity index is 1.20. The molecule has 0 unspecified atom stereocenters. The summed E-state index contributed by atoms with van der Waals surface area (Å²) in [6, 6.07) is 51.9. The minimum absolute atomic E-state index is 0.889. The molecule has 0 saturated heterocycles. The van der Waals surface area contributed by atoms with Crippen molar-refractivity contribution in [1.82, 2.24) is 0 Å². The van der Waals surface area contributed by atoms with E-state index in [2.05, 4.69) is 115 Å². The topological polar surface area (TPSA) is 26.3 Å². The van der Waals surface area contributed by atoms with E-state index in [1.165, 1.54) is 49.0 Å². The van der Waals surface area contributed by atoms with Crippen molar-refractivity contribution in [1.29, 1.82) is 0 Å². The number of hydrogen-bond donors (Lipinski definition) is 0. The van der Waals surface area contributed by atoms with Crippen LogP contribution in [0.5, 0.6) is 0 Å². The molecule has 2 aromatic heterocycles. The lowest BCUT2D eigenvalue weighted by atomic mass is 9.87. The van der Waals surface area contributed by atoms with Crippen LogP contribution in [0, 0.1) is 0 Å². The highest BCUT2D eigenvalue weighted by atomic mass is 16.3. The molecule has 0 radical (unpaired) electrons. The number of fused-ring (bicyclic) bond motifs is 4. The number of furan rings is 2. The van der Waals surface area contributed by atoms with E-state index in [0.717, 1.165) is 49.8 Å². The SMILES string of the molecule is c1ccc(-c2cc3cc(-c4ccc5ccc6c(-c7cccc8c7oc7ccccc78)ccc7ccc4c5c76)ccc3o2)cc1. The van der Waals surface area contributed by atoms with Gasteiger partial charge in [0.25, 0.3) is 0 Å². The highest BCUT2D eigenvalue weighted by Crippen LogP contribution is 2.45. The number of hydrogen-bond acceptors (Lipinski definition) is 2. The van der Waals surface area contributed by atoms with Crippen molar-refractivity contribution in [2.75, 3.05) is 0 Å². The fourth-order valence-electron chi connectivity index (χ4n) is 7.20. The number of benzene rings is 8. The normalized spacial score (nSPS) is 12.1. The van der Waals surface area contributed by atoms with Gasteiger partial charge in [-0.25, -0.2) is 0 Å². The van der Waals surface area contributed by atoms with E-state index >= 15 is 0 Å². The first kappa shape index (κ1) is 23.7. The van der Waals surface area contributed by atoms with Crippen molar-refractivity contribution in [3.05, 3.63) is 146 Å². The molecule has 0 saturated carbocycles. The van der Waals surface area contributed by atoms with Gasteiger partial charge in [0.15, 0.2) is 0 Å². The summed E-state index contributed by atoms with van der Waals surface area (Å²) in [4.78, 5) is 0. The monoisotopic (exact) mass is 560 g/mol. The molecule has 0 aliphatic rings. The largest absolute Gasteiger partial charge is 0.456 e. The lowest BCUT2D eigenvalue weighted by Gasteiger charge is -2.16. The average molecular weight is 561 g/mol. The summed E-state index contributed by atoms with van der Waals surface area (Å²) in [5.74, 6) is 0.889. The van der Waals surface area contributed by atoms with Gasteiger partial charge in [-0.15, -0.1) is 0 Å². The molecule has 2 nitrogen and oxygen atoms in total. The van der Waals surface area contributed by atoms with E-state index in [9.17, 15) is 0 Å². The molecular weight excluding hydrogens is 536 g/mol. The van der Waals surface area contributed by atoms with Crippen LogP contribution in [0.25, 0.3) is 98.8 Å². The van der Waals surface area contributed by atoms with Crippen LogP contribution in [0.15, 0.2) is 154 Å². The molecule has 0 spiro atoms. The zero-order valence-electron chi connectivity index (χ0n) is 23.7. The zero-order chi connectivity index (χ0) is 28.8. The first-order chi connectivity index (χ1) is 21.8. The molecule has 0 atom stereocenters. The Kier molecular flexibility index (Phi) is 4.75. The van der Waals surface area contributed by atoms with Crippen LogP contribution >= 0.6 is 0 Å². The van der Waals surface area contributed by atoms with Crippen molar-refractivity contribution < 1.29 is 8.83 Å². The Bertz CT molecular complexity index is 2710. The third-order valence-corrected chi connectivity index (χ3v) is 9.24. The van der Waals surface area contributed by atoms with E-state index in [0.29, 0.717) is 0 Å². The van der Waals surface area contributed by atoms with Gasteiger partial charge in [-0.2, -0.15) is 0 Å². The van der Waals surface area contributed by atoms with Gasteiger partial charge >= 0.3 is 0 Å². The molecule has 0 fully saturated rings. The van der Waals surface area contributed by atoms with Crippen molar-refractivity contribution in [3.8, 4) is 33.6 Å². The summed E-state index contributed by atoms with van der Waals surface area (Å²) >= 11 is 0. The molecule has 8 aromatic carbocycles. The third-order valence-electron chi connectivity index (χ3n) is 9.24. The number of rotatable bonds is 3. The summed E-state index contributed by atoms with van der Waals surface area (Å²) in [5.41, 5.74) is 8.56. The Morgan fingerprint density at radius 1 is 0.341 bits per heavy atom. The van der Waals surface area contributed by atoms with Crippen molar-refractivity contribution in [3.63, 3.8) is 0 Å². The molecule has 0 N–H and O–H groups in total. The fourth-order valence-corrected chi connectivity index (χ4v) is 7.20. The van der Waals surface area contributed by atoms with Gasteiger partial charge in [0.1, 0.15) is 22.5 Å². The molecule has 0 amide bonds. The average Bonchev–Trinajstić information content (AvgIpc) is 3.69. The van der Waals surface area contributed by atoms with Crippen LogP contribution in [0.1, 0.15) is 0 Å². The summed E-state index contributed by atoms with van der Waals surface area (Å²) in [6.45, 7) is 0. The Morgan fingerprint density at radius 3 is 1.89 bits per heavy atom. The van der Waals surface area contributed by atoms with Crippen LogP contribution in [-0.2, 0) is 0 Å². The van der Waals surface area contributed by atoms with Crippen LogP contribution in [0.3, 0.4) is 0 Å². The molecule has 2 heteroatoms. The molecule has 10 rings (SSSR count). The van der Waals surface area contributed by atoms with Gasteiger partial charge in [0.2, 0.25) is 0 Å². The van der Waals surface area contributed by atoms with Gasteiger partial charge in [0.05, 0.1) is 0 Å². The second kappa shape index (κ2) is 8.82. The summed E-state index contributed by atoms with van der Waals surface area (Å²) in [7, 11) is 0. The smallest absolute Gasteiger partial charge is 0.143 e. The predicted molar refractivity (Wildman–Crippen MR) is 184 cm³/mol. The van der Waals surface area contributed by atoms with Crippen molar-refractivity contribution in [2.45, 2.75) is 0 Å². The molecule has 204 valence electrons. The van der Waals surface area contributed by atoms with Crippen LogP contribution in [0.2, 0.25) is 0 Å². The van der Waals surface area contributed by atoms with E-state index < -0.39 is 0 Å². The molecule has 10 aromatic rings. The molecular formula is C42H24O2. The van der Waals surface area contributed by atoms with Crippen LogP contribution in [0.4, 0.5) is 0 Å². The van der Waals surface area contributed by atoms with Gasteiger partial charge in [-0.1, -0.05) is 121 Å². The lowest BCUT2D eigenvalue weighted by molar-refractivity contribution is 0.631. The second-order valence-corrected chi connectivity index (χ2v) is 11.7. The highest BCUT2D eigenvalue weighted by molar-refractivity contribution is 6.28. The second-order valence-electron chi connectivity index (χ2n) is 11.7. The van der Waals surface area contributed by atoms with E-state index in [1.54, 1.807) is 0 Å². The number of para-hydroxylation sites is 2. The Hall–Kier alpha value is -5.86. The van der Waals surface area contributed by atoms with Gasteiger partial charge in [0, 0.05) is 27.3 Å². The van der Waals surface area contributed by atoms with E-state index in [4.69, 9.17) is 8.83 Å². The van der Waals surface area contributed by atoms with Gasteiger partial charge in [-0.05, 0) is 73.3 Å². The van der Waals surface area contributed by atoms with Crippen LogP contribution in [-0.4, -0.2) is 0 Å². The van der Waals surface area contributed by atoms with Crippen LogP contribution < -0.4 is 0 Å². The van der Waals surface area contributed by atoms with E-state index in [-0.39, 0.29) is 0 Å². The molecule has 0 bridgehead atoms. The quantitative estimate of drug-likeness (QED) is 0.201. The summed E-state index contributed by atoms with van der Waals surface area (Å²) < 4.78 is 12.7. The summed E-state index contributed by atoms with van der Waals surface area (Å²) in [5, 5.41) is 11.0. The molecule has 0 aliphatic heterocycles. The predicted octanol–water partition coefficient (Wildman–Crippen LogP) is 12.2. The third kappa shape index (κ3) is 3.31. The fraction of sp³-hybridized carbons (Fsp3) is 0. The van der Waals surface area contributed by atoms with Gasteiger partial charge in [-0.3, -0.25) is 0 Å².